The van der Waals surface area contributed by atoms with Crippen LogP contribution in [0.4, 0.5) is 13.2 Å². The lowest BCUT2D eigenvalue weighted by atomic mass is 9.75. The van der Waals surface area contributed by atoms with E-state index in [0.717, 1.165) is 42.5 Å². The number of nitrogens with zero attached hydrogens (tertiary/aromatic N) is 1. The molecule has 1 saturated carbocycles. The fourth-order valence-corrected chi connectivity index (χ4v) is 3.88. The second-order valence-electron chi connectivity index (χ2n) is 7.37. The number of ether oxygens (including phenoxy) is 1. The SMILES string of the molecule is CC(C)=C(C(=O)C1CCC(c2ccc(OC(F)(F)F)cc2)CC1)c1cnc[nH]1. The highest BCUT2D eigenvalue weighted by Crippen LogP contribution is 2.39. The molecular formula is C21H23F3N2O2. The number of H-pyrrole nitrogens is 1. The third kappa shape index (κ3) is 4.82. The van der Waals surface area contributed by atoms with Crippen LogP contribution in [0.3, 0.4) is 0 Å². The van der Waals surface area contributed by atoms with Gasteiger partial charge in [0.1, 0.15) is 5.75 Å². The summed E-state index contributed by atoms with van der Waals surface area (Å²) >= 11 is 0. The minimum atomic E-state index is -4.68. The van der Waals surface area contributed by atoms with E-state index in [2.05, 4.69) is 14.7 Å². The molecule has 0 bridgehead atoms. The number of allylic oxidation sites excluding steroid dienone is 2. The van der Waals surface area contributed by atoms with E-state index in [4.69, 9.17) is 0 Å². The number of imidazole rings is 1. The highest BCUT2D eigenvalue weighted by atomic mass is 19.4. The van der Waals surface area contributed by atoms with Crippen molar-refractivity contribution < 1.29 is 22.7 Å². The molecule has 7 heteroatoms. The van der Waals surface area contributed by atoms with Crippen molar-refractivity contribution >= 4 is 11.4 Å². The maximum absolute atomic E-state index is 13.0. The molecule has 1 heterocycles. The molecule has 4 nitrogen and oxygen atoms in total. The Balaban J connectivity index is 1.63. The van der Waals surface area contributed by atoms with Gasteiger partial charge < -0.3 is 9.72 Å². The number of benzene rings is 1. The maximum atomic E-state index is 13.0. The van der Waals surface area contributed by atoms with Crippen molar-refractivity contribution in [3.05, 3.63) is 53.6 Å². The largest absolute Gasteiger partial charge is 0.573 e. The molecule has 0 unspecified atom stereocenters. The number of carbonyl (C=O) groups excluding carboxylic acids is 1. The number of rotatable bonds is 5. The third-order valence-corrected chi connectivity index (χ3v) is 5.20. The Morgan fingerprint density at radius 3 is 2.25 bits per heavy atom. The second-order valence-corrected chi connectivity index (χ2v) is 7.37. The molecule has 1 N–H and O–H groups in total. The summed E-state index contributed by atoms with van der Waals surface area (Å²) in [6.45, 7) is 3.84. The molecule has 1 aliphatic rings. The van der Waals surface area contributed by atoms with Gasteiger partial charge in [0.25, 0.3) is 0 Å². The van der Waals surface area contributed by atoms with E-state index in [1.807, 2.05) is 13.8 Å². The van der Waals surface area contributed by atoms with Crippen molar-refractivity contribution in [2.75, 3.05) is 0 Å². The lowest BCUT2D eigenvalue weighted by molar-refractivity contribution is -0.274. The van der Waals surface area contributed by atoms with Crippen LogP contribution >= 0.6 is 0 Å². The third-order valence-electron chi connectivity index (χ3n) is 5.20. The minimum Gasteiger partial charge on any atom is -0.406 e. The minimum absolute atomic E-state index is 0.0442. The molecule has 0 saturated heterocycles. The number of hydrogen-bond donors (Lipinski definition) is 1. The number of aromatic amines is 1. The Bertz CT molecular complexity index is 828. The summed E-state index contributed by atoms with van der Waals surface area (Å²) < 4.78 is 40.7. The molecule has 150 valence electrons. The summed E-state index contributed by atoms with van der Waals surface area (Å²) in [6, 6.07) is 6.05. The standard InChI is InChI=1S/C21H23F3N2O2/c1-13(2)19(18-11-25-12-26-18)20(27)16-5-3-14(4-6-16)15-7-9-17(10-8-15)28-21(22,23)24/h7-12,14,16H,3-6H2,1-2H3,(H,25,26). The monoisotopic (exact) mass is 392 g/mol. The van der Waals surface area contributed by atoms with Crippen molar-refractivity contribution in [2.24, 2.45) is 5.92 Å². The van der Waals surface area contributed by atoms with Gasteiger partial charge in [0.05, 0.1) is 18.2 Å². The molecule has 1 fully saturated rings. The van der Waals surface area contributed by atoms with Gasteiger partial charge in [0.2, 0.25) is 0 Å². The van der Waals surface area contributed by atoms with Gasteiger partial charge in [-0.05, 0) is 63.1 Å². The lowest BCUT2D eigenvalue weighted by Gasteiger charge is -2.28. The normalized spacial score (nSPS) is 19.9. The topological polar surface area (TPSA) is 55.0 Å². The number of nitrogens with one attached hydrogen (secondary N) is 1. The van der Waals surface area contributed by atoms with Gasteiger partial charge in [-0.25, -0.2) is 4.98 Å². The van der Waals surface area contributed by atoms with E-state index in [-0.39, 0.29) is 23.4 Å². The number of Topliss-reactive ketones (excluding diaryl/α,β-unsaturated/α-hetero) is 1. The summed E-state index contributed by atoms with van der Waals surface area (Å²) in [5.74, 6) is 0.119. The highest BCUT2D eigenvalue weighted by Gasteiger charge is 2.32. The predicted molar refractivity (Wildman–Crippen MR) is 99.7 cm³/mol. The smallest absolute Gasteiger partial charge is 0.406 e. The number of hydrogen-bond acceptors (Lipinski definition) is 3. The first kappa shape index (κ1) is 20.2. The summed E-state index contributed by atoms with van der Waals surface area (Å²) in [6.07, 6.45) is 1.72. The van der Waals surface area contributed by atoms with Crippen molar-refractivity contribution in [1.29, 1.82) is 0 Å². The number of ketones is 1. The molecule has 0 aliphatic heterocycles. The molecule has 1 aromatic carbocycles. The van der Waals surface area contributed by atoms with E-state index in [1.54, 1.807) is 24.7 Å². The van der Waals surface area contributed by atoms with Crippen molar-refractivity contribution in [3.63, 3.8) is 0 Å². The number of carbonyl (C=O) groups is 1. The first-order valence-electron chi connectivity index (χ1n) is 9.30. The Labute approximate surface area is 161 Å². The Morgan fingerprint density at radius 2 is 1.75 bits per heavy atom. The molecule has 1 aliphatic carbocycles. The zero-order valence-corrected chi connectivity index (χ0v) is 15.8. The summed E-state index contributed by atoms with van der Waals surface area (Å²) in [4.78, 5) is 20.1. The van der Waals surface area contributed by atoms with Crippen LogP contribution in [0.1, 0.15) is 56.7 Å². The fourth-order valence-electron chi connectivity index (χ4n) is 3.88. The molecule has 0 radical (unpaired) electrons. The van der Waals surface area contributed by atoms with Gasteiger partial charge >= 0.3 is 6.36 Å². The van der Waals surface area contributed by atoms with Gasteiger partial charge in [-0.15, -0.1) is 13.2 Å². The van der Waals surface area contributed by atoms with Crippen LogP contribution in [-0.4, -0.2) is 22.1 Å². The summed E-state index contributed by atoms with van der Waals surface area (Å²) in [5.41, 5.74) is 3.38. The first-order valence-corrected chi connectivity index (χ1v) is 9.30. The molecular weight excluding hydrogens is 369 g/mol. The molecule has 3 rings (SSSR count). The van der Waals surface area contributed by atoms with Crippen LogP contribution in [0.25, 0.3) is 5.57 Å². The zero-order valence-electron chi connectivity index (χ0n) is 15.8. The van der Waals surface area contributed by atoms with Crippen LogP contribution in [0.2, 0.25) is 0 Å². The van der Waals surface area contributed by atoms with Crippen LogP contribution in [0, 0.1) is 5.92 Å². The van der Waals surface area contributed by atoms with E-state index in [0.29, 0.717) is 5.57 Å². The van der Waals surface area contributed by atoms with Crippen LogP contribution in [0.5, 0.6) is 5.75 Å². The molecule has 0 amide bonds. The Hall–Kier alpha value is -2.57. The number of halogens is 3. The Morgan fingerprint density at radius 1 is 1.11 bits per heavy atom. The molecule has 0 atom stereocenters. The van der Waals surface area contributed by atoms with Gasteiger partial charge in [-0.1, -0.05) is 17.7 Å². The van der Waals surface area contributed by atoms with Gasteiger partial charge in [0, 0.05) is 11.5 Å². The Kier molecular flexibility index (Phi) is 5.91. The average Bonchev–Trinajstić information content (AvgIpc) is 3.15. The average molecular weight is 392 g/mol. The number of alkyl halides is 3. The fraction of sp³-hybridized carbons (Fsp3) is 0.429. The predicted octanol–water partition coefficient (Wildman–Crippen LogP) is 5.64. The van der Waals surface area contributed by atoms with E-state index in [9.17, 15) is 18.0 Å². The van der Waals surface area contributed by atoms with Gasteiger partial charge in [0.15, 0.2) is 5.78 Å². The van der Waals surface area contributed by atoms with Gasteiger partial charge in [-0.3, -0.25) is 4.79 Å². The summed E-state index contributed by atoms with van der Waals surface area (Å²) in [7, 11) is 0. The quantitative estimate of drug-likeness (QED) is 0.670. The van der Waals surface area contributed by atoms with E-state index >= 15 is 0 Å². The van der Waals surface area contributed by atoms with E-state index < -0.39 is 6.36 Å². The van der Waals surface area contributed by atoms with Crippen LogP contribution in [-0.2, 0) is 4.79 Å². The lowest BCUT2D eigenvalue weighted by Crippen LogP contribution is -2.22. The highest BCUT2D eigenvalue weighted by molar-refractivity contribution is 6.21. The summed E-state index contributed by atoms with van der Waals surface area (Å²) in [5, 5.41) is 0. The first-order chi connectivity index (χ1) is 13.2. The molecule has 1 aromatic heterocycles. The maximum Gasteiger partial charge on any atom is 0.573 e. The molecule has 2 aromatic rings. The van der Waals surface area contributed by atoms with E-state index in [1.165, 1.54) is 12.1 Å². The van der Waals surface area contributed by atoms with Crippen LogP contribution in [0.15, 0.2) is 42.4 Å². The van der Waals surface area contributed by atoms with Crippen LogP contribution < -0.4 is 4.74 Å². The van der Waals surface area contributed by atoms with Crippen molar-refractivity contribution in [3.8, 4) is 5.75 Å². The van der Waals surface area contributed by atoms with Crippen molar-refractivity contribution in [1.82, 2.24) is 9.97 Å². The number of aromatic nitrogens is 2. The molecule has 28 heavy (non-hydrogen) atoms. The zero-order chi connectivity index (χ0) is 20.3. The molecule has 0 spiro atoms. The van der Waals surface area contributed by atoms with Gasteiger partial charge in [-0.2, -0.15) is 0 Å². The van der Waals surface area contributed by atoms with Crippen molar-refractivity contribution in [2.45, 2.75) is 51.8 Å². The second kappa shape index (κ2) is 8.20.